The Labute approximate surface area is 121 Å². The minimum absolute atomic E-state index is 0.125. The third kappa shape index (κ3) is 3.25. The van der Waals surface area contributed by atoms with Crippen LogP contribution in [0.15, 0.2) is 24.3 Å². The highest BCUT2D eigenvalue weighted by Crippen LogP contribution is 2.28. The van der Waals surface area contributed by atoms with Gasteiger partial charge in [0.15, 0.2) is 10.3 Å². The molecule has 5 heteroatoms. The molecule has 0 radical (unpaired) electrons. The Morgan fingerprint density at radius 1 is 1.42 bits per heavy atom. The van der Waals surface area contributed by atoms with Gasteiger partial charge in [0.25, 0.3) is 0 Å². The van der Waals surface area contributed by atoms with Crippen molar-refractivity contribution in [1.29, 1.82) is 5.26 Å². The van der Waals surface area contributed by atoms with E-state index in [1.54, 1.807) is 0 Å². The van der Waals surface area contributed by atoms with Gasteiger partial charge >= 0.3 is 0 Å². The predicted octanol–water partition coefficient (Wildman–Crippen LogP) is 4.40. The molecule has 0 aliphatic carbocycles. The third-order valence-electron chi connectivity index (χ3n) is 2.92. The fourth-order valence-corrected chi connectivity index (χ4v) is 2.78. The Bertz CT molecular complexity index is 598. The fraction of sp³-hybridized carbons (Fsp3) is 0.286. The van der Waals surface area contributed by atoms with Gasteiger partial charge in [-0.25, -0.2) is 4.98 Å². The molecule has 0 saturated carbocycles. The third-order valence-corrected chi connectivity index (χ3v) is 4.19. The van der Waals surface area contributed by atoms with E-state index in [0.29, 0.717) is 10.0 Å². The maximum absolute atomic E-state index is 8.85. The van der Waals surface area contributed by atoms with Crippen LogP contribution in [0.3, 0.4) is 0 Å². The second kappa shape index (κ2) is 6.05. The van der Waals surface area contributed by atoms with Crippen molar-refractivity contribution in [2.75, 3.05) is 5.32 Å². The molecule has 1 atom stereocenters. The summed E-state index contributed by atoms with van der Waals surface area (Å²) >= 11 is 7.13. The number of anilines is 1. The molecular formula is C14H14ClN3S. The van der Waals surface area contributed by atoms with Gasteiger partial charge in [0.1, 0.15) is 10.9 Å². The van der Waals surface area contributed by atoms with Crippen LogP contribution in [-0.2, 0) is 6.42 Å². The number of aryl methyl sites for hydroxylation is 1. The highest BCUT2D eigenvalue weighted by atomic mass is 35.5. The molecule has 19 heavy (non-hydrogen) atoms. The topological polar surface area (TPSA) is 48.7 Å². The molecule has 2 aromatic rings. The fourth-order valence-electron chi connectivity index (χ4n) is 1.74. The number of hydrogen-bond donors (Lipinski definition) is 1. The van der Waals surface area contributed by atoms with Crippen molar-refractivity contribution in [1.82, 2.24) is 4.98 Å². The van der Waals surface area contributed by atoms with Crippen LogP contribution in [0, 0.1) is 11.3 Å². The number of nitrogens with zero attached hydrogens (tertiary/aromatic N) is 2. The second-order valence-corrected chi connectivity index (χ2v) is 5.57. The quantitative estimate of drug-likeness (QED) is 0.908. The summed E-state index contributed by atoms with van der Waals surface area (Å²) in [6, 6.07) is 10.6. The van der Waals surface area contributed by atoms with Crippen LogP contribution in [0.1, 0.15) is 35.9 Å². The van der Waals surface area contributed by atoms with E-state index in [4.69, 9.17) is 16.9 Å². The number of aromatic nitrogens is 1. The van der Waals surface area contributed by atoms with E-state index in [-0.39, 0.29) is 11.2 Å². The Hall–Kier alpha value is -1.57. The number of rotatable bonds is 4. The van der Waals surface area contributed by atoms with Crippen LogP contribution in [0.4, 0.5) is 5.13 Å². The molecule has 0 aliphatic rings. The maximum atomic E-state index is 8.85. The Kier molecular flexibility index (Phi) is 4.41. The standard InChI is InChI=1S/C14H14ClN3S/c1-3-10-4-6-11(7-5-10)9(2)17-14-18-13(15)12(8-16)19-14/h4-7,9H,3H2,1-2H3,(H,17,18). The number of benzene rings is 1. The minimum atomic E-state index is 0.125. The number of halogens is 1. The van der Waals surface area contributed by atoms with Crippen molar-refractivity contribution in [3.8, 4) is 6.07 Å². The zero-order chi connectivity index (χ0) is 13.8. The zero-order valence-electron chi connectivity index (χ0n) is 10.8. The lowest BCUT2D eigenvalue weighted by atomic mass is 10.1. The molecule has 1 aromatic heterocycles. The normalized spacial score (nSPS) is 11.9. The van der Waals surface area contributed by atoms with Crippen molar-refractivity contribution in [3.63, 3.8) is 0 Å². The zero-order valence-corrected chi connectivity index (χ0v) is 12.3. The Balaban J connectivity index is 2.11. The van der Waals surface area contributed by atoms with Gasteiger partial charge in [-0.2, -0.15) is 5.26 Å². The number of thiazole rings is 1. The predicted molar refractivity (Wildman–Crippen MR) is 79.7 cm³/mol. The average molecular weight is 292 g/mol. The SMILES string of the molecule is CCc1ccc(C(C)Nc2nc(Cl)c(C#N)s2)cc1. The smallest absolute Gasteiger partial charge is 0.185 e. The first kappa shape index (κ1) is 13.9. The monoisotopic (exact) mass is 291 g/mol. The first-order chi connectivity index (χ1) is 9.13. The molecule has 1 unspecified atom stereocenters. The number of nitrogens with one attached hydrogen (secondary N) is 1. The van der Waals surface area contributed by atoms with E-state index in [9.17, 15) is 0 Å². The molecule has 3 nitrogen and oxygen atoms in total. The summed E-state index contributed by atoms with van der Waals surface area (Å²) in [5.74, 6) is 0. The molecule has 0 amide bonds. The van der Waals surface area contributed by atoms with Crippen molar-refractivity contribution < 1.29 is 0 Å². The van der Waals surface area contributed by atoms with E-state index < -0.39 is 0 Å². The van der Waals surface area contributed by atoms with E-state index in [1.165, 1.54) is 22.5 Å². The van der Waals surface area contributed by atoms with Gasteiger partial charge in [-0.1, -0.05) is 54.1 Å². The molecule has 0 aliphatic heterocycles. The first-order valence-corrected chi connectivity index (χ1v) is 7.25. The number of hydrogen-bond acceptors (Lipinski definition) is 4. The minimum Gasteiger partial charge on any atom is -0.355 e. The molecule has 98 valence electrons. The van der Waals surface area contributed by atoms with Crippen molar-refractivity contribution in [2.24, 2.45) is 0 Å². The van der Waals surface area contributed by atoms with Gasteiger partial charge in [-0.15, -0.1) is 0 Å². The van der Waals surface area contributed by atoms with Gasteiger partial charge in [0.05, 0.1) is 6.04 Å². The highest BCUT2D eigenvalue weighted by molar-refractivity contribution is 7.16. The van der Waals surface area contributed by atoms with E-state index >= 15 is 0 Å². The van der Waals surface area contributed by atoms with Crippen molar-refractivity contribution in [2.45, 2.75) is 26.3 Å². The summed E-state index contributed by atoms with van der Waals surface area (Å²) in [5, 5.41) is 13.1. The lowest BCUT2D eigenvalue weighted by Gasteiger charge is -2.13. The van der Waals surface area contributed by atoms with E-state index in [1.807, 2.05) is 6.07 Å². The summed E-state index contributed by atoms with van der Waals surface area (Å²) in [6.45, 7) is 4.19. The summed E-state index contributed by atoms with van der Waals surface area (Å²) in [7, 11) is 0. The largest absolute Gasteiger partial charge is 0.355 e. The van der Waals surface area contributed by atoms with Gasteiger partial charge in [0.2, 0.25) is 0 Å². The summed E-state index contributed by atoms with van der Waals surface area (Å²) < 4.78 is 0. The summed E-state index contributed by atoms with van der Waals surface area (Å²) in [5.41, 5.74) is 2.50. The molecule has 0 bridgehead atoms. The molecule has 0 fully saturated rings. The molecule has 0 spiro atoms. The highest BCUT2D eigenvalue weighted by Gasteiger charge is 2.11. The molecule has 1 heterocycles. The van der Waals surface area contributed by atoms with Gasteiger partial charge in [0, 0.05) is 0 Å². The summed E-state index contributed by atoms with van der Waals surface area (Å²) in [4.78, 5) is 4.57. The van der Waals surface area contributed by atoms with Gasteiger partial charge in [-0.05, 0) is 24.5 Å². The van der Waals surface area contributed by atoms with E-state index in [2.05, 4.69) is 48.4 Å². The summed E-state index contributed by atoms with van der Waals surface area (Å²) in [6.07, 6.45) is 1.04. The first-order valence-electron chi connectivity index (χ1n) is 6.05. The van der Waals surface area contributed by atoms with Crippen LogP contribution in [0.2, 0.25) is 5.15 Å². The van der Waals surface area contributed by atoms with Crippen LogP contribution >= 0.6 is 22.9 Å². The maximum Gasteiger partial charge on any atom is 0.185 e. The molecule has 1 aromatic carbocycles. The Morgan fingerprint density at radius 2 is 2.11 bits per heavy atom. The van der Waals surface area contributed by atoms with Crippen LogP contribution in [0.25, 0.3) is 0 Å². The lowest BCUT2D eigenvalue weighted by Crippen LogP contribution is -2.06. The van der Waals surface area contributed by atoms with Crippen LogP contribution < -0.4 is 5.32 Å². The van der Waals surface area contributed by atoms with Gasteiger partial charge < -0.3 is 5.32 Å². The lowest BCUT2D eigenvalue weighted by molar-refractivity contribution is 0.880. The number of nitriles is 1. The van der Waals surface area contributed by atoms with Crippen molar-refractivity contribution in [3.05, 3.63) is 45.4 Å². The molecule has 0 saturated heterocycles. The average Bonchev–Trinajstić information content (AvgIpc) is 2.78. The van der Waals surface area contributed by atoms with Crippen LogP contribution in [0.5, 0.6) is 0 Å². The van der Waals surface area contributed by atoms with E-state index in [0.717, 1.165) is 6.42 Å². The van der Waals surface area contributed by atoms with Gasteiger partial charge in [-0.3, -0.25) is 0 Å². The molecule has 2 rings (SSSR count). The second-order valence-electron chi connectivity index (χ2n) is 4.21. The molecular weight excluding hydrogens is 278 g/mol. The Morgan fingerprint density at radius 3 is 2.63 bits per heavy atom. The van der Waals surface area contributed by atoms with Crippen LogP contribution in [-0.4, -0.2) is 4.98 Å². The molecule has 1 N–H and O–H groups in total. The van der Waals surface area contributed by atoms with Crippen molar-refractivity contribution >= 4 is 28.1 Å².